The summed E-state index contributed by atoms with van der Waals surface area (Å²) < 4.78 is 5.38. The fourth-order valence-corrected chi connectivity index (χ4v) is 1.61. The van der Waals surface area contributed by atoms with Gasteiger partial charge in [-0.1, -0.05) is 32.6 Å². The summed E-state index contributed by atoms with van der Waals surface area (Å²) in [5.41, 5.74) is 6.29. The van der Waals surface area contributed by atoms with Crippen LogP contribution in [-0.4, -0.2) is 31.0 Å². The molecule has 0 heterocycles. The number of benzene rings is 1. The molecule has 0 saturated carbocycles. The highest BCUT2D eigenvalue weighted by molar-refractivity contribution is 5.95. The minimum atomic E-state index is -0.622. The number of rotatable bonds is 8. The molecule has 0 spiro atoms. The van der Waals surface area contributed by atoms with Gasteiger partial charge in [0.05, 0.1) is 12.6 Å². The van der Waals surface area contributed by atoms with Crippen molar-refractivity contribution in [2.75, 3.05) is 18.5 Å². The van der Waals surface area contributed by atoms with Crippen LogP contribution in [0.15, 0.2) is 36.9 Å². The van der Waals surface area contributed by atoms with Gasteiger partial charge >= 0.3 is 0 Å². The van der Waals surface area contributed by atoms with E-state index in [1.807, 2.05) is 13.8 Å². The van der Waals surface area contributed by atoms with Gasteiger partial charge in [0.25, 0.3) is 0 Å². The predicted octanol–water partition coefficient (Wildman–Crippen LogP) is 1.29. The maximum atomic E-state index is 11.8. The molecule has 0 radical (unpaired) electrons. The molecule has 6 heteroatoms. The van der Waals surface area contributed by atoms with Crippen LogP contribution in [-0.2, 0) is 9.59 Å². The zero-order valence-corrected chi connectivity index (χ0v) is 13.0. The highest BCUT2D eigenvalue weighted by atomic mass is 16.5. The zero-order chi connectivity index (χ0) is 16.5. The quantitative estimate of drug-likeness (QED) is 0.631. The van der Waals surface area contributed by atoms with Crippen molar-refractivity contribution < 1.29 is 14.3 Å². The summed E-state index contributed by atoms with van der Waals surface area (Å²) in [5, 5.41) is 5.19. The van der Waals surface area contributed by atoms with Crippen LogP contribution in [0.3, 0.4) is 0 Å². The number of nitrogens with two attached hydrogens (primary N) is 1. The Morgan fingerprint density at radius 3 is 2.77 bits per heavy atom. The van der Waals surface area contributed by atoms with Crippen LogP contribution in [0, 0.1) is 5.92 Å². The van der Waals surface area contributed by atoms with E-state index >= 15 is 0 Å². The molecule has 4 N–H and O–H groups in total. The second-order valence-corrected chi connectivity index (χ2v) is 5.16. The van der Waals surface area contributed by atoms with Crippen molar-refractivity contribution in [3.8, 4) is 5.75 Å². The van der Waals surface area contributed by atoms with Crippen molar-refractivity contribution in [1.82, 2.24) is 5.32 Å². The summed E-state index contributed by atoms with van der Waals surface area (Å²) in [6.07, 6.45) is 1.64. The fraction of sp³-hybridized carbons (Fsp3) is 0.375. The summed E-state index contributed by atoms with van der Waals surface area (Å²) in [5.74, 6) is -0.0243. The molecule has 120 valence electrons. The summed E-state index contributed by atoms with van der Waals surface area (Å²) in [6.45, 7) is 7.52. The lowest BCUT2D eigenvalue weighted by atomic mass is 10.1. The van der Waals surface area contributed by atoms with Gasteiger partial charge in [0.15, 0.2) is 0 Å². The Morgan fingerprint density at radius 2 is 2.14 bits per heavy atom. The first-order valence-electron chi connectivity index (χ1n) is 7.11. The van der Waals surface area contributed by atoms with E-state index in [0.717, 1.165) is 0 Å². The maximum absolute atomic E-state index is 11.8. The second-order valence-electron chi connectivity index (χ2n) is 5.16. The molecule has 0 aromatic heterocycles. The summed E-state index contributed by atoms with van der Waals surface area (Å²) in [7, 11) is 0. The standard InChI is InChI=1S/C16H23N3O3/c1-4-8-22-13-7-5-6-12(9-13)19-14(20)10-18-16(21)15(17)11(2)3/h4-7,9,11,15H,1,8,10,17H2,2-3H3,(H,18,21)(H,19,20)/t15-/m0/s1. The first-order valence-corrected chi connectivity index (χ1v) is 7.11. The van der Waals surface area contributed by atoms with Crippen LogP contribution in [0.25, 0.3) is 0 Å². The molecule has 1 rings (SSSR count). The molecule has 0 unspecified atom stereocenters. The van der Waals surface area contributed by atoms with Crippen molar-refractivity contribution in [3.63, 3.8) is 0 Å². The van der Waals surface area contributed by atoms with Crippen LogP contribution in [0.5, 0.6) is 5.75 Å². The molecule has 1 atom stereocenters. The van der Waals surface area contributed by atoms with E-state index in [-0.39, 0.29) is 24.3 Å². The van der Waals surface area contributed by atoms with E-state index in [0.29, 0.717) is 18.0 Å². The van der Waals surface area contributed by atoms with Crippen LogP contribution < -0.4 is 21.1 Å². The van der Waals surface area contributed by atoms with Gasteiger partial charge in [-0.2, -0.15) is 0 Å². The Bertz CT molecular complexity index is 529. The van der Waals surface area contributed by atoms with Crippen LogP contribution >= 0.6 is 0 Å². The number of ether oxygens (including phenoxy) is 1. The molecule has 0 aliphatic heterocycles. The molecule has 1 aromatic carbocycles. The number of amides is 2. The Labute approximate surface area is 130 Å². The van der Waals surface area contributed by atoms with Gasteiger partial charge < -0.3 is 21.1 Å². The number of carbonyl (C=O) groups is 2. The highest BCUT2D eigenvalue weighted by Gasteiger charge is 2.17. The third-order valence-corrected chi connectivity index (χ3v) is 2.93. The van der Waals surface area contributed by atoms with Crippen molar-refractivity contribution in [1.29, 1.82) is 0 Å². The third-order valence-electron chi connectivity index (χ3n) is 2.93. The molecule has 0 saturated heterocycles. The summed E-state index contributed by atoms with van der Waals surface area (Å²) in [4.78, 5) is 23.5. The minimum Gasteiger partial charge on any atom is -0.489 e. The Kier molecular flexibility index (Phi) is 7.12. The second kappa shape index (κ2) is 8.84. The Morgan fingerprint density at radius 1 is 1.41 bits per heavy atom. The molecule has 0 aliphatic rings. The maximum Gasteiger partial charge on any atom is 0.243 e. The normalized spacial score (nSPS) is 11.6. The third kappa shape index (κ3) is 5.97. The number of anilines is 1. The van der Waals surface area contributed by atoms with Crippen molar-refractivity contribution in [2.24, 2.45) is 11.7 Å². The average molecular weight is 305 g/mol. The van der Waals surface area contributed by atoms with E-state index in [9.17, 15) is 9.59 Å². The molecule has 0 bridgehead atoms. The Hall–Kier alpha value is -2.34. The number of hydrogen-bond acceptors (Lipinski definition) is 4. The van der Waals surface area contributed by atoms with Crippen molar-refractivity contribution in [2.45, 2.75) is 19.9 Å². The first kappa shape index (κ1) is 17.7. The number of carbonyl (C=O) groups excluding carboxylic acids is 2. The molecule has 1 aromatic rings. The smallest absolute Gasteiger partial charge is 0.243 e. The number of nitrogens with one attached hydrogen (secondary N) is 2. The van der Waals surface area contributed by atoms with E-state index in [1.165, 1.54) is 0 Å². The molecule has 6 nitrogen and oxygen atoms in total. The van der Waals surface area contributed by atoms with Crippen LogP contribution in [0.1, 0.15) is 13.8 Å². The zero-order valence-electron chi connectivity index (χ0n) is 13.0. The summed E-state index contributed by atoms with van der Waals surface area (Å²) in [6, 6.07) is 6.36. The largest absolute Gasteiger partial charge is 0.489 e. The van der Waals surface area contributed by atoms with Gasteiger partial charge in [-0.15, -0.1) is 0 Å². The van der Waals surface area contributed by atoms with Gasteiger partial charge in [0.1, 0.15) is 12.4 Å². The SMILES string of the molecule is C=CCOc1cccc(NC(=O)CNC(=O)[C@@H](N)C(C)C)c1. The molecular formula is C16H23N3O3. The van der Waals surface area contributed by atoms with Crippen LogP contribution in [0.2, 0.25) is 0 Å². The molecular weight excluding hydrogens is 282 g/mol. The van der Waals surface area contributed by atoms with Crippen molar-refractivity contribution >= 4 is 17.5 Å². The molecule has 2 amide bonds. The van der Waals surface area contributed by atoms with Gasteiger partial charge in [0, 0.05) is 11.8 Å². The molecule has 0 aliphatic carbocycles. The van der Waals surface area contributed by atoms with E-state index < -0.39 is 6.04 Å². The van der Waals surface area contributed by atoms with E-state index in [4.69, 9.17) is 10.5 Å². The fourth-order valence-electron chi connectivity index (χ4n) is 1.61. The topological polar surface area (TPSA) is 93.5 Å². The lowest BCUT2D eigenvalue weighted by Gasteiger charge is -2.15. The first-order chi connectivity index (χ1) is 10.4. The van der Waals surface area contributed by atoms with E-state index in [1.54, 1.807) is 30.3 Å². The van der Waals surface area contributed by atoms with Gasteiger partial charge in [0.2, 0.25) is 11.8 Å². The summed E-state index contributed by atoms with van der Waals surface area (Å²) >= 11 is 0. The van der Waals surface area contributed by atoms with Crippen LogP contribution in [0.4, 0.5) is 5.69 Å². The lowest BCUT2D eigenvalue weighted by Crippen LogP contribution is -2.46. The molecule has 22 heavy (non-hydrogen) atoms. The monoisotopic (exact) mass is 305 g/mol. The minimum absolute atomic E-state index is 0.0155. The average Bonchev–Trinajstić information content (AvgIpc) is 2.50. The van der Waals surface area contributed by atoms with Gasteiger partial charge in [-0.3, -0.25) is 9.59 Å². The Balaban J connectivity index is 2.48. The van der Waals surface area contributed by atoms with Gasteiger partial charge in [-0.25, -0.2) is 0 Å². The lowest BCUT2D eigenvalue weighted by molar-refractivity contribution is -0.125. The van der Waals surface area contributed by atoms with Gasteiger partial charge in [-0.05, 0) is 18.1 Å². The van der Waals surface area contributed by atoms with E-state index in [2.05, 4.69) is 17.2 Å². The predicted molar refractivity (Wildman–Crippen MR) is 86.6 cm³/mol. The van der Waals surface area contributed by atoms with Crippen molar-refractivity contribution in [3.05, 3.63) is 36.9 Å². The number of hydrogen-bond donors (Lipinski definition) is 3. The highest BCUT2D eigenvalue weighted by Crippen LogP contribution is 2.17. The molecule has 0 fully saturated rings.